The van der Waals surface area contributed by atoms with E-state index in [1.165, 1.54) is 4.31 Å². The van der Waals surface area contributed by atoms with E-state index in [0.717, 1.165) is 12.2 Å². The van der Waals surface area contributed by atoms with Gasteiger partial charge in [0.25, 0.3) is 0 Å². The maximum atomic E-state index is 13.2. The molecule has 152 valence electrons. The molecular weight excluding hydrogens is 380 g/mol. The summed E-state index contributed by atoms with van der Waals surface area (Å²) in [4.78, 5) is 2.04. The van der Waals surface area contributed by atoms with Gasteiger partial charge in [-0.15, -0.1) is 10.2 Å². The van der Waals surface area contributed by atoms with Gasteiger partial charge in [-0.2, -0.15) is 4.31 Å². The predicted octanol–water partition coefficient (Wildman–Crippen LogP) is 2.17. The van der Waals surface area contributed by atoms with Crippen molar-refractivity contribution in [1.82, 2.24) is 14.5 Å². The van der Waals surface area contributed by atoms with E-state index in [1.807, 2.05) is 32.0 Å². The fraction of sp³-hybridized carbons (Fsp3) is 0.474. The second-order valence-electron chi connectivity index (χ2n) is 6.75. The average Bonchev–Trinajstić information content (AvgIpc) is 2.69. The van der Waals surface area contributed by atoms with E-state index in [9.17, 15) is 8.42 Å². The molecule has 2 aromatic rings. The minimum Gasteiger partial charge on any atom is -0.492 e. The molecule has 9 heteroatoms. The lowest BCUT2D eigenvalue weighted by Crippen LogP contribution is -2.44. The van der Waals surface area contributed by atoms with Crippen LogP contribution in [0.1, 0.15) is 19.8 Å². The first-order valence-electron chi connectivity index (χ1n) is 9.31. The third-order valence-corrected chi connectivity index (χ3v) is 6.38. The average molecular weight is 407 g/mol. The maximum absolute atomic E-state index is 13.2. The molecule has 1 aromatic heterocycles. The Hall–Kier alpha value is -2.39. The van der Waals surface area contributed by atoms with Crippen LogP contribution in [0.5, 0.6) is 11.6 Å². The molecule has 8 nitrogen and oxygen atoms in total. The number of rotatable bonds is 7. The van der Waals surface area contributed by atoms with Crippen molar-refractivity contribution in [2.75, 3.05) is 38.7 Å². The van der Waals surface area contributed by atoms with Crippen LogP contribution in [-0.4, -0.2) is 62.8 Å². The number of benzene rings is 1. The second-order valence-corrected chi connectivity index (χ2v) is 8.66. The quantitative estimate of drug-likeness (QED) is 0.697. The summed E-state index contributed by atoms with van der Waals surface area (Å²) in [5.74, 6) is 1.50. The van der Waals surface area contributed by atoms with Gasteiger partial charge in [-0.1, -0.05) is 12.1 Å². The number of anilines is 1. The molecule has 1 atom stereocenters. The molecule has 3 rings (SSSR count). The molecule has 1 aromatic carbocycles. The Balaban J connectivity index is 1.73. The minimum absolute atomic E-state index is 0.188. The highest BCUT2D eigenvalue weighted by atomic mass is 32.2. The molecule has 28 heavy (non-hydrogen) atoms. The summed E-state index contributed by atoms with van der Waals surface area (Å²) in [6.45, 7) is 2.95. The highest BCUT2D eigenvalue weighted by molar-refractivity contribution is 7.89. The fourth-order valence-corrected chi connectivity index (χ4v) is 4.72. The Morgan fingerprint density at radius 2 is 1.96 bits per heavy atom. The van der Waals surface area contributed by atoms with Gasteiger partial charge in [0.15, 0.2) is 5.82 Å². The van der Waals surface area contributed by atoms with E-state index in [1.54, 1.807) is 30.3 Å². The van der Waals surface area contributed by atoms with Crippen LogP contribution >= 0.6 is 0 Å². The molecule has 1 fully saturated rings. The van der Waals surface area contributed by atoms with Gasteiger partial charge in [0.1, 0.15) is 16.7 Å². The molecule has 1 unspecified atom stereocenters. The Morgan fingerprint density at radius 1 is 1.18 bits per heavy atom. The highest BCUT2D eigenvalue weighted by Crippen LogP contribution is 2.29. The lowest BCUT2D eigenvalue weighted by Gasteiger charge is -2.32. The van der Waals surface area contributed by atoms with Crippen LogP contribution in [0.2, 0.25) is 0 Å². The summed E-state index contributed by atoms with van der Waals surface area (Å²) in [5, 5.41) is 8.17. The smallest absolute Gasteiger partial charge is 0.246 e. The first kappa shape index (κ1) is 20.3. The molecule has 1 aliphatic heterocycles. The van der Waals surface area contributed by atoms with Crippen LogP contribution < -0.4 is 14.4 Å². The molecule has 0 spiro atoms. The Bertz CT molecular complexity index is 887. The monoisotopic (exact) mass is 406 g/mol. The number of nitrogens with zero attached hydrogens (tertiary/aromatic N) is 4. The molecule has 0 radical (unpaired) electrons. The second kappa shape index (κ2) is 8.74. The molecule has 0 amide bonds. The number of hydrogen-bond donors (Lipinski definition) is 0. The summed E-state index contributed by atoms with van der Waals surface area (Å²) in [5.41, 5.74) is 0. The van der Waals surface area contributed by atoms with Crippen molar-refractivity contribution in [1.29, 1.82) is 0 Å². The minimum atomic E-state index is -3.67. The van der Waals surface area contributed by atoms with E-state index in [2.05, 4.69) is 10.2 Å². The summed E-state index contributed by atoms with van der Waals surface area (Å²) in [6.07, 6.45) is 1.20. The zero-order valence-corrected chi connectivity index (χ0v) is 17.2. The van der Waals surface area contributed by atoms with Crippen LogP contribution in [0.25, 0.3) is 0 Å². The summed E-state index contributed by atoms with van der Waals surface area (Å²) in [7, 11) is 0.0945. The number of sulfonamides is 1. The van der Waals surface area contributed by atoms with Gasteiger partial charge in [-0.25, -0.2) is 8.42 Å². The third-order valence-electron chi connectivity index (χ3n) is 4.48. The largest absolute Gasteiger partial charge is 0.492 e. The van der Waals surface area contributed by atoms with Crippen molar-refractivity contribution < 1.29 is 17.9 Å². The number of aromatic nitrogens is 2. The van der Waals surface area contributed by atoms with Crippen molar-refractivity contribution in [2.24, 2.45) is 0 Å². The Morgan fingerprint density at radius 3 is 2.64 bits per heavy atom. The van der Waals surface area contributed by atoms with E-state index < -0.39 is 10.0 Å². The van der Waals surface area contributed by atoms with Crippen molar-refractivity contribution in [2.45, 2.75) is 30.8 Å². The molecular formula is C19H26N4O4S. The van der Waals surface area contributed by atoms with E-state index >= 15 is 0 Å². The lowest BCUT2D eigenvalue weighted by atomic mass is 10.1. The molecule has 1 aliphatic rings. The SMILES string of the molecule is CCOc1ccccc1S(=O)(=O)N1CCCC(Oc2ccc(N(C)C)nn2)C1. The van der Waals surface area contributed by atoms with Gasteiger partial charge in [0.05, 0.1) is 13.2 Å². The zero-order valence-electron chi connectivity index (χ0n) is 16.4. The molecule has 0 saturated carbocycles. The van der Waals surface area contributed by atoms with Crippen LogP contribution in [-0.2, 0) is 10.0 Å². The standard InChI is InChI=1S/C19H26N4O4S/c1-4-26-16-9-5-6-10-17(16)28(24,25)23-13-7-8-15(14-23)27-19-12-11-18(20-21-19)22(2)3/h5-6,9-12,15H,4,7-8,13-14H2,1-3H3. The Kier molecular flexibility index (Phi) is 6.35. The van der Waals surface area contributed by atoms with Gasteiger partial charge in [-0.3, -0.25) is 0 Å². The van der Waals surface area contributed by atoms with Gasteiger partial charge < -0.3 is 14.4 Å². The van der Waals surface area contributed by atoms with Gasteiger partial charge >= 0.3 is 0 Å². The molecule has 0 bridgehead atoms. The maximum Gasteiger partial charge on any atom is 0.246 e. The number of piperidine rings is 1. The van der Waals surface area contributed by atoms with E-state index in [-0.39, 0.29) is 17.5 Å². The number of para-hydroxylation sites is 1. The molecule has 0 aliphatic carbocycles. The molecule has 2 heterocycles. The van der Waals surface area contributed by atoms with Crippen LogP contribution in [0, 0.1) is 0 Å². The fourth-order valence-electron chi connectivity index (χ4n) is 3.08. The molecule has 0 N–H and O–H groups in total. The normalized spacial score (nSPS) is 17.9. The van der Waals surface area contributed by atoms with E-state index in [4.69, 9.17) is 9.47 Å². The summed E-state index contributed by atoms with van der Waals surface area (Å²) < 4.78 is 39.2. The number of ether oxygens (including phenoxy) is 2. The summed E-state index contributed by atoms with van der Waals surface area (Å²) >= 11 is 0. The van der Waals surface area contributed by atoms with Crippen molar-refractivity contribution >= 4 is 15.8 Å². The van der Waals surface area contributed by atoms with E-state index in [0.29, 0.717) is 31.2 Å². The third kappa shape index (κ3) is 4.53. The van der Waals surface area contributed by atoms with Gasteiger partial charge in [-0.05, 0) is 38.0 Å². The summed E-state index contributed by atoms with van der Waals surface area (Å²) in [6, 6.07) is 10.3. The first-order valence-corrected chi connectivity index (χ1v) is 10.8. The first-order chi connectivity index (χ1) is 13.4. The van der Waals surface area contributed by atoms with Crippen LogP contribution in [0.3, 0.4) is 0 Å². The Labute approximate surface area is 166 Å². The van der Waals surface area contributed by atoms with Crippen molar-refractivity contribution in [3.63, 3.8) is 0 Å². The van der Waals surface area contributed by atoms with Crippen molar-refractivity contribution in [3.05, 3.63) is 36.4 Å². The van der Waals surface area contributed by atoms with Crippen molar-refractivity contribution in [3.8, 4) is 11.6 Å². The molecule has 1 saturated heterocycles. The van der Waals surface area contributed by atoms with Gasteiger partial charge in [0.2, 0.25) is 15.9 Å². The van der Waals surface area contributed by atoms with Gasteiger partial charge in [0, 0.05) is 26.7 Å². The highest BCUT2D eigenvalue weighted by Gasteiger charge is 2.33. The zero-order chi connectivity index (χ0) is 20.1. The topological polar surface area (TPSA) is 84.9 Å². The lowest BCUT2D eigenvalue weighted by molar-refractivity contribution is 0.123. The predicted molar refractivity (Wildman–Crippen MR) is 106 cm³/mol. The van der Waals surface area contributed by atoms with Crippen LogP contribution in [0.4, 0.5) is 5.82 Å². The number of hydrogen-bond acceptors (Lipinski definition) is 7. The van der Waals surface area contributed by atoms with Crippen LogP contribution in [0.15, 0.2) is 41.3 Å².